The van der Waals surface area contributed by atoms with E-state index in [9.17, 15) is 9.18 Å². The van der Waals surface area contributed by atoms with Crippen molar-refractivity contribution in [2.45, 2.75) is 12.8 Å². The number of nitrogens with zero attached hydrogens (tertiary/aromatic N) is 1. The summed E-state index contributed by atoms with van der Waals surface area (Å²) in [5.74, 6) is 0.173. The van der Waals surface area contributed by atoms with Crippen molar-refractivity contribution < 1.29 is 9.18 Å². The van der Waals surface area contributed by atoms with Crippen LogP contribution in [0, 0.1) is 11.7 Å². The number of hydrogen-bond donors (Lipinski definition) is 2. The van der Waals surface area contributed by atoms with E-state index < -0.39 is 5.82 Å². The van der Waals surface area contributed by atoms with Gasteiger partial charge in [0.05, 0.1) is 12.2 Å². The number of amides is 1. The van der Waals surface area contributed by atoms with Crippen LogP contribution in [-0.2, 0) is 4.79 Å². The first kappa shape index (κ1) is 12.8. The molecule has 5 heteroatoms. The Kier molecular flexibility index (Phi) is 3.81. The number of likely N-dealkylation sites (N-methyl/N-ethyl adjacent to an activating group) is 1. The second kappa shape index (κ2) is 5.35. The Labute approximate surface area is 106 Å². The molecule has 0 aromatic heterocycles. The fraction of sp³-hybridized carbons (Fsp3) is 0.462. The van der Waals surface area contributed by atoms with Gasteiger partial charge in [-0.25, -0.2) is 4.39 Å². The summed E-state index contributed by atoms with van der Waals surface area (Å²) >= 11 is 0. The summed E-state index contributed by atoms with van der Waals surface area (Å²) in [6.45, 7) is 1.30. The largest absolute Gasteiger partial charge is 0.396 e. The zero-order chi connectivity index (χ0) is 13.1. The number of nitrogens with two attached hydrogens (primary N) is 1. The molecule has 3 N–H and O–H groups in total. The van der Waals surface area contributed by atoms with Crippen molar-refractivity contribution >= 4 is 17.3 Å². The third-order valence-electron chi connectivity index (χ3n) is 2.96. The third-order valence-corrected chi connectivity index (χ3v) is 2.96. The Morgan fingerprint density at radius 1 is 1.56 bits per heavy atom. The molecule has 2 rings (SSSR count). The van der Waals surface area contributed by atoms with Gasteiger partial charge in [-0.1, -0.05) is 0 Å². The van der Waals surface area contributed by atoms with Gasteiger partial charge >= 0.3 is 0 Å². The molecule has 0 heterocycles. The fourth-order valence-corrected chi connectivity index (χ4v) is 1.87. The fourth-order valence-electron chi connectivity index (χ4n) is 1.87. The molecule has 0 atom stereocenters. The number of carbonyl (C=O) groups is 1. The lowest BCUT2D eigenvalue weighted by Gasteiger charge is -2.15. The van der Waals surface area contributed by atoms with Crippen LogP contribution in [0.5, 0.6) is 0 Å². The van der Waals surface area contributed by atoms with Crippen molar-refractivity contribution in [2.24, 2.45) is 5.92 Å². The molecule has 0 aliphatic heterocycles. The van der Waals surface area contributed by atoms with E-state index in [1.807, 2.05) is 11.9 Å². The van der Waals surface area contributed by atoms with Crippen LogP contribution in [0.2, 0.25) is 0 Å². The van der Waals surface area contributed by atoms with E-state index in [4.69, 9.17) is 5.73 Å². The van der Waals surface area contributed by atoms with E-state index in [2.05, 4.69) is 5.32 Å². The first-order chi connectivity index (χ1) is 8.54. The number of carbonyl (C=O) groups excluding carboxylic acids is 1. The molecule has 4 nitrogen and oxygen atoms in total. The molecule has 1 amide bonds. The summed E-state index contributed by atoms with van der Waals surface area (Å²) in [6, 6.07) is 4.18. The Morgan fingerprint density at radius 3 is 2.89 bits per heavy atom. The molecule has 1 aliphatic carbocycles. The molecule has 0 bridgehead atoms. The van der Waals surface area contributed by atoms with Crippen LogP contribution >= 0.6 is 0 Å². The van der Waals surface area contributed by atoms with Gasteiger partial charge in [0.2, 0.25) is 5.91 Å². The molecule has 1 fully saturated rings. The Bertz CT molecular complexity index is 446. The van der Waals surface area contributed by atoms with Gasteiger partial charge in [-0.2, -0.15) is 0 Å². The monoisotopic (exact) mass is 251 g/mol. The van der Waals surface area contributed by atoms with Crippen LogP contribution in [-0.4, -0.2) is 30.9 Å². The Morgan fingerprint density at radius 2 is 2.28 bits per heavy atom. The zero-order valence-electron chi connectivity index (χ0n) is 10.4. The lowest BCUT2D eigenvalue weighted by molar-refractivity contribution is -0.117. The topological polar surface area (TPSA) is 58.4 Å². The van der Waals surface area contributed by atoms with E-state index in [0.717, 1.165) is 12.5 Å². The molecule has 0 radical (unpaired) electrons. The number of nitrogen functional groups attached to an aromatic ring is 1. The van der Waals surface area contributed by atoms with Gasteiger partial charge in [-0.3, -0.25) is 9.69 Å². The maximum absolute atomic E-state index is 13.0. The van der Waals surface area contributed by atoms with E-state index in [1.54, 1.807) is 0 Å². The zero-order valence-corrected chi connectivity index (χ0v) is 10.4. The van der Waals surface area contributed by atoms with Crippen molar-refractivity contribution in [3.63, 3.8) is 0 Å². The number of rotatable bonds is 5. The molecular weight excluding hydrogens is 233 g/mol. The van der Waals surface area contributed by atoms with Gasteiger partial charge in [0.25, 0.3) is 0 Å². The average molecular weight is 251 g/mol. The number of nitrogens with one attached hydrogen (secondary N) is 1. The summed E-state index contributed by atoms with van der Waals surface area (Å²) in [6.07, 6.45) is 2.53. The molecule has 1 aliphatic rings. The minimum absolute atomic E-state index is 0.0409. The molecule has 0 unspecified atom stereocenters. The SMILES string of the molecule is CN(CC(=O)Nc1ccc(F)c(N)c1)CC1CC1. The van der Waals surface area contributed by atoms with Crippen molar-refractivity contribution in [3.8, 4) is 0 Å². The van der Waals surface area contributed by atoms with Gasteiger partial charge < -0.3 is 11.1 Å². The quantitative estimate of drug-likeness (QED) is 0.783. The number of anilines is 2. The maximum Gasteiger partial charge on any atom is 0.238 e. The molecule has 98 valence electrons. The van der Waals surface area contributed by atoms with Gasteiger partial charge in [0, 0.05) is 12.2 Å². The Balaban J connectivity index is 1.83. The summed E-state index contributed by atoms with van der Waals surface area (Å²) in [4.78, 5) is 13.7. The predicted molar refractivity (Wildman–Crippen MR) is 69.7 cm³/mol. The third kappa shape index (κ3) is 3.70. The Hall–Kier alpha value is -1.62. The molecule has 1 aromatic rings. The summed E-state index contributed by atoms with van der Waals surface area (Å²) in [5, 5.41) is 2.71. The summed E-state index contributed by atoms with van der Waals surface area (Å²) in [5.41, 5.74) is 6.00. The number of hydrogen-bond acceptors (Lipinski definition) is 3. The molecule has 0 saturated heterocycles. The molecule has 1 aromatic carbocycles. The molecule has 0 spiro atoms. The second-order valence-electron chi connectivity index (χ2n) is 4.92. The van der Waals surface area contributed by atoms with Crippen molar-refractivity contribution in [3.05, 3.63) is 24.0 Å². The van der Waals surface area contributed by atoms with Gasteiger partial charge in [0.1, 0.15) is 5.82 Å². The second-order valence-corrected chi connectivity index (χ2v) is 4.92. The first-order valence-corrected chi connectivity index (χ1v) is 6.08. The number of benzene rings is 1. The highest BCUT2D eigenvalue weighted by atomic mass is 19.1. The highest BCUT2D eigenvalue weighted by Crippen LogP contribution is 2.29. The van der Waals surface area contributed by atoms with E-state index >= 15 is 0 Å². The van der Waals surface area contributed by atoms with Crippen molar-refractivity contribution in [1.82, 2.24) is 4.90 Å². The van der Waals surface area contributed by atoms with E-state index in [1.165, 1.54) is 31.0 Å². The molecule has 1 saturated carbocycles. The highest BCUT2D eigenvalue weighted by Gasteiger charge is 2.23. The maximum atomic E-state index is 13.0. The van der Waals surface area contributed by atoms with Crippen molar-refractivity contribution in [2.75, 3.05) is 31.2 Å². The molecule has 18 heavy (non-hydrogen) atoms. The van der Waals surface area contributed by atoms with Gasteiger partial charge in [-0.15, -0.1) is 0 Å². The first-order valence-electron chi connectivity index (χ1n) is 6.08. The minimum Gasteiger partial charge on any atom is -0.396 e. The van der Waals surface area contributed by atoms with Crippen LogP contribution in [0.1, 0.15) is 12.8 Å². The van der Waals surface area contributed by atoms with Crippen LogP contribution in [0.25, 0.3) is 0 Å². The number of halogens is 1. The standard InChI is InChI=1S/C13H18FN3O/c1-17(7-9-2-3-9)8-13(18)16-10-4-5-11(14)12(15)6-10/h4-6,9H,2-3,7-8,15H2,1H3,(H,16,18). The summed E-state index contributed by atoms with van der Waals surface area (Å²) in [7, 11) is 1.93. The van der Waals surface area contributed by atoms with E-state index in [-0.39, 0.29) is 11.6 Å². The van der Waals surface area contributed by atoms with Crippen LogP contribution < -0.4 is 11.1 Å². The smallest absolute Gasteiger partial charge is 0.238 e. The van der Waals surface area contributed by atoms with Crippen LogP contribution in [0.3, 0.4) is 0 Å². The minimum atomic E-state index is -0.473. The molecular formula is C13H18FN3O. The summed E-state index contributed by atoms with van der Waals surface area (Å²) < 4.78 is 13.0. The van der Waals surface area contributed by atoms with Gasteiger partial charge in [-0.05, 0) is 44.0 Å². The highest BCUT2D eigenvalue weighted by molar-refractivity contribution is 5.92. The van der Waals surface area contributed by atoms with Crippen LogP contribution in [0.4, 0.5) is 15.8 Å². The average Bonchev–Trinajstić information content (AvgIpc) is 3.07. The predicted octanol–water partition coefficient (Wildman–Crippen LogP) is 1.69. The van der Waals surface area contributed by atoms with Crippen LogP contribution in [0.15, 0.2) is 18.2 Å². The van der Waals surface area contributed by atoms with Gasteiger partial charge in [0.15, 0.2) is 0 Å². The lowest BCUT2D eigenvalue weighted by Crippen LogP contribution is -2.31. The van der Waals surface area contributed by atoms with Crippen molar-refractivity contribution in [1.29, 1.82) is 0 Å². The normalized spacial score (nSPS) is 14.8. The van der Waals surface area contributed by atoms with E-state index in [0.29, 0.717) is 12.2 Å². The lowest BCUT2D eigenvalue weighted by atomic mass is 10.2.